The predicted molar refractivity (Wildman–Crippen MR) is 82.5 cm³/mol. The highest BCUT2D eigenvalue weighted by atomic mass is 32.2. The predicted octanol–water partition coefficient (Wildman–Crippen LogP) is 1.98. The minimum Gasteiger partial charge on any atom is -0.368 e. The molecule has 1 amide bonds. The van der Waals surface area contributed by atoms with Gasteiger partial charge in [-0.25, -0.2) is 9.97 Å². The lowest BCUT2D eigenvalue weighted by molar-refractivity contribution is -0.124. The number of unbranched alkanes of at least 4 members (excludes halogenated alkanes) is 1. The van der Waals surface area contributed by atoms with Crippen molar-refractivity contribution in [2.75, 3.05) is 5.75 Å². The molecule has 1 heterocycles. The summed E-state index contributed by atoms with van der Waals surface area (Å²) in [6.45, 7) is 5.91. The number of carbonyl (C=O) groups excluding carboxylic acids is 1. The van der Waals surface area contributed by atoms with E-state index in [4.69, 9.17) is 5.73 Å². The van der Waals surface area contributed by atoms with Crippen LogP contribution >= 0.6 is 11.8 Å². The topological polar surface area (TPSA) is 80.9 Å². The largest absolute Gasteiger partial charge is 0.368 e. The lowest BCUT2D eigenvalue weighted by Gasteiger charge is -2.29. The summed E-state index contributed by atoms with van der Waals surface area (Å²) < 4.78 is 0. The minimum atomic E-state index is -0.623. The summed E-state index contributed by atoms with van der Waals surface area (Å²) >= 11 is 1.63. The Morgan fingerprint density at radius 2 is 2.05 bits per heavy atom. The van der Waals surface area contributed by atoms with Gasteiger partial charge in [0.1, 0.15) is 0 Å². The van der Waals surface area contributed by atoms with Crippen molar-refractivity contribution in [3.8, 4) is 0 Å². The summed E-state index contributed by atoms with van der Waals surface area (Å²) in [7, 11) is 0. The fourth-order valence-corrected chi connectivity index (χ4v) is 2.81. The fourth-order valence-electron chi connectivity index (χ4n) is 2.01. The van der Waals surface area contributed by atoms with Gasteiger partial charge in [0.05, 0.1) is 5.54 Å². The summed E-state index contributed by atoms with van der Waals surface area (Å²) in [5, 5.41) is 4.05. The average molecular weight is 296 g/mol. The molecular formula is C14H24N4OS. The van der Waals surface area contributed by atoms with E-state index in [1.807, 2.05) is 20.8 Å². The molecule has 0 aliphatic heterocycles. The molecule has 1 rings (SSSR count). The molecule has 0 saturated carbocycles. The van der Waals surface area contributed by atoms with Crippen LogP contribution in [0.4, 0.5) is 0 Å². The van der Waals surface area contributed by atoms with Crippen molar-refractivity contribution in [3.05, 3.63) is 18.5 Å². The maximum Gasteiger partial charge on any atom is 0.237 e. The second kappa shape index (κ2) is 8.21. The van der Waals surface area contributed by atoms with Crippen molar-refractivity contribution in [2.24, 2.45) is 5.73 Å². The van der Waals surface area contributed by atoms with Gasteiger partial charge in [0.15, 0.2) is 5.16 Å². The van der Waals surface area contributed by atoms with Gasteiger partial charge < -0.3 is 11.1 Å². The van der Waals surface area contributed by atoms with Crippen LogP contribution in [0.3, 0.4) is 0 Å². The van der Waals surface area contributed by atoms with Crippen LogP contribution in [-0.2, 0) is 4.79 Å². The van der Waals surface area contributed by atoms with Crippen molar-refractivity contribution >= 4 is 17.7 Å². The van der Waals surface area contributed by atoms with E-state index in [0.717, 1.165) is 30.2 Å². The molecule has 1 aromatic heterocycles. The number of carbonyl (C=O) groups is 1. The molecule has 1 unspecified atom stereocenters. The second-order valence-electron chi connectivity index (χ2n) is 5.33. The first-order chi connectivity index (χ1) is 9.44. The first-order valence-corrected chi connectivity index (χ1v) is 7.90. The van der Waals surface area contributed by atoms with Crippen molar-refractivity contribution in [1.29, 1.82) is 0 Å². The van der Waals surface area contributed by atoms with E-state index >= 15 is 0 Å². The maximum absolute atomic E-state index is 11.6. The van der Waals surface area contributed by atoms with Gasteiger partial charge in [0.25, 0.3) is 0 Å². The first kappa shape index (κ1) is 16.9. The SMILES string of the molecule is CC(C)NC(C)(CCCCSc1ncccn1)C(N)=O. The minimum absolute atomic E-state index is 0.236. The van der Waals surface area contributed by atoms with Crippen LogP contribution in [-0.4, -0.2) is 33.2 Å². The molecule has 0 aliphatic rings. The van der Waals surface area contributed by atoms with E-state index in [1.165, 1.54) is 0 Å². The van der Waals surface area contributed by atoms with Gasteiger partial charge in [-0.05, 0) is 39.7 Å². The van der Waals surface area contributed by atoms with Crippen LogP contribution in [0.2, 0.25) is 0 Å². The summed E-state index contributed by atoms with van der Waals surface area (Å²) in [5.41, 5.74) is 4.88. The quantitative estimate of drug-likeness (QED) is 0.414. The average Bonchev–Trinajstić information content (AvgIpc) is 2.38. The number of hydrogen-bond donors (Lipinski definition) is 2. The van der Waals surface area contributed by atoms with Crippen molar-refractivity contribution < 1.29 is 4.79 Å². The van der Waals surface area contributed by atoms with Crippen LogP contribution in [0.25, 0.3) is 0 Å². The number of nitrogens with zero attached hydrogens (tertiary/aromatic N) is 2. The zero-order valence-corrected chi connectivity index (χ0v) is 13.2. The van der Waals surface area contributed by atoms with Gasteiger partial charge in [-0.15, -0.1) is 0 Å². The normalized spacial score (nSPS) is 14.2. The molecular weight excluding hydrogens is 272 g/mol. The summed E-state index contributed by atoms with van der Waals surface area (Å²) in [4.78, 5) is 19.9. The van der Waals surface area contributed by atoms with Gasteiger partial charge in [-0.3, -0.25) is 4.79 Å². The lowest BCUT2D eigenvalue weighted by Crippen LogP contribution is -2.55. The Bertz CT molecular complexity index is 413. The molecule has 1 atom stereocenters. The lowest BCUT2D eigenvalue weighted by atomic mass is 9.93. The fraction of sp³-hybridized carbons (Fsp3) is 0.643. The van der Waals surface area contributed by atoms with Gasteiger partial charge in [0, 0.05) is 24.2 Å². The molecule has 0 fully saturated rings. The van der Waals surface area contributed by atoms with Crippen molar-refractivity contribution in [3.63, 3.8) is 0 Å². The number of amides is 1. The van der Waals surface area contributed by atoms with E-state index in [-0.39, 0.29) is 11.9 Å². The van der Waals surface area contributed by atoms with Gasteiger partial charge >= 0.3 is 0 Å². The van der Waals surface area contributed by atoms with Crippen LogP contribution in [0.5, 0.6) is 0 Å². The van der Waals surface area contributed by atoms with E-state index in [9.17, 15) is 4.79 Å². The molecule has 0 spiro atoms. The summed E-state index contributed by atoms with van der Waals surface area (Å²) in [6, 6.07) is 2.04. The molecule has 0 saturated heterocycles. The number of primary amides is 1. The molecule has 6 heteroatoms. The van der Waals surface area contributed by atoms with E-state index in [1.54, 1.807) is 30.2 Å². The number of hydrogen-bond acceptors (Lipinski definition) is 5. The Labute approximate surface area is 125 Å². The standard InChI is InChI=1S/C14H24N4OS/c1-11(2)18-14(3,12(15)19)7-4-5-10-20-13-16-8-6-9-17-13/h6,8-9,11,18H,4-5,7,10H2,1-3H3,(H2,15,19). The third-order valence-corrected chi connectivity index (χ3v) is 3.96. The molecule has 0 aromatic carbocycles. The van der Waals surface area contributed by atoms with E-state index in [2.05, 4.69) is 15.3 Å². The molecule has 112 valence electrons. The Balaban J connectivity index is 2.29. The highest BCUT2D eigenvalue weighted by molar-refractivity contribution is 7.99. The number of aromatic nitrogens is 2. The first-order valence-electron chi connectivity index (χ1n) is 6.91. The number of rotatable bonds is 9. The molecule has 0 aliphatic carbocycles. The number of nitrogens with one attached hydrogen (secondary N) is 1. The van der Waals surface area contributed by atoms with Crippen LogP contribution in [0, 0.1) is 0 Å². The second-order valence-corrected chi connectivity index (χ2v) is 6.39. The zero-order valence-electron chi connectivity index (χ0n) is 12.4. The molecule has 1 aromatic rings. The van der Waals surface area contributed by atoms with Gasteiger partial charge in [-0.2, -0.15) is 0 Å². The van der Waals surface area contributed by atoms with Gasteiger partial charge in [0.2, 0.25) is 5.91 Å². The number of nitrogens with two attached hydrogens (primary N) is 1. The Hall–Kier alpha value is -1.14. The summed E-state index contributed by atoms with van der Waals surface area (Å²) in [5.74, 6) is 0.658. The maximum atomic E-state index is 11.6. The van der Waals surface area contributed by atoms with E-state index < -0.39 is 5.54 Å². The van der Waals surface area contributed by atoms with E-state index in [0.29, 0.717) is 0 Å². The smallest absolute Gasteiger partial charge is 0.237 e. The van der Waals surface area contributed by atoms with Crippen LogP contribution in [0.1, 0.15) is 40.0 Å². The van der Waals surface area contributed by atoms with Crippen molar-refractivity contribution in [1.82, 2.24) is 15.3 Å². The van der Waals surface area contributed by atoms with Gasteiger partial charge in [-0.1, -0.05) is 18.2 Å². The highest BCUT2D eigenvalue weighted by Crippen LogP contribution is 2.18. The molecule has 3 N–H and O–H groups in total. The molecule has 0 radical (unpaired) electrons. The third-order valence-electron chi connectivity index (χ3n) is 3.00. The third kappa shape index (κ3) is 5.88. The van der Waals surface area contributed by atoms with Crippen molar-refractivity contribution in [2.45, 2.75) is 56.8 Å². The Morgan fingerprint density at radius 3 is 2.60 bits per heavy atom. The Kier molecular flexibility index (Phi) is 6.95. The Morgan fingerprint density at radius 1 is 1.40 bits per heavy atom. The number of thioether (sulfide) groups is 1. The molecule has 0 bridgehead atoms. The highest BCUT2D eigenvalue weighted by Gasteiger charge is 2.30. The molecule has 20 heavy (non-hydrogen) atoms. The summed E-state index contributed by atoms with van der Waals surface area (Å²) in [6.07, 6.45) is 6.18. The van der Waals surface area contributed by atoms with Crippen LogP contribution in [0.15, 0.2) is 23.6 Å². The van der Waals surface area contributed by atoms with Crippen LogP contribution < -0.4 is 11.1 Å². The molecule has 5 nitrogen and oxygen atoms in total. The zero-order chi connectivity index (χ0) is 15.0. The monoisotopic (exact) mass is 296 g/mol.